The number of Topliss-reactive ketones (excluding diaryl/α,β-unsaturated/α-hetero) is 1. The Labute approximate surface area is 170 Å². The van der Waals surface area contributed by atoms with Crippen LogP contribution < -0.4 is 0 Å². The number of aliphatic imine (C=N–C) groups is 2. The highest BCUT2D eigenvalue weighted by Crippen LogP contribution is 2.36. The first-order valence-corrected chi connectivity index (χ1v) is 9.83. The average molecular weight is 379 g/mol. The molecule has 0 N–H and O–H groups in total. The number of hydrogen-bond acceptors (Lipinski definition) is 4. The van der Waals surface area contributed by atoms with E-state index < -0.39 is 5.41 Å². The third-order valence-corrected chi connectivity index (χ3v) is 5.86. The minimum Gasteiger partial charge on any atom is -0.292 e. The van der Waals surface area contributed by atoms with Crippen molar-refractivity contribution in [3.8, 4) is 0 Å². The first-order chi connectivity index (χ1) is 14.0. The summed E-state index contributed by atoms with van der Waals surface area (Å²) in [6.07, 6.45) is 4.15. The number of aromatic nitrogens is 1. The fourth-order valence-electron chi connectivity index (χ4n) is 4.13. The van der Waals surface area contributed by atoms with E-state index in [9.17, 15) is 4.79 Å². The summed E-state index contributed by atoms with van der Waals surface area (Å²) in [5.41, 5.74) is 7.39. The Morgan fingerprint density at radius 1 is 0.966 bits per heavy atom. The molecular formula is C25H21N3O. The Morgan fingerprint density at radius 3 is 2.48 bits per heavy atom. The molecule has 0 saturated carbocycles. The van der Waals surface area contributed by atoms with Crippen molar-refractivity contribution in [3.63, 3.8) is 0 Å². The molecule has 2 aliphatic rings. The Hall–Kier alpha value is -3.40. The number of nitrogens with zero attached hydrogens (tertiary/aromatic N) is 3. The van der Waals surface area contributed by atoms with Gasteiger partial charge in [-0.3, -0.25) is 14.8 Å². The molecule has 0 saturated heterocycles. The van der Waals surface area contributed by atoms with Crippen molar-refractivity contribution < 1.29 is 4.79 Å². The number of carbonyl (C=O) groups excluding carboxylic acids is 1. The molecule has 2 aromatic carbocycles. The quantitative estimate of drug-likeness (QED) is 0.665. The third kappa shape index (κ3) is 2.92. The summed E-state index contributed by atoms with van der Waals surface area (Å²) in [7, 11) is 0. The van der Waals surface area contributed by atoms with E-state index in [1.165, 1.54) is 5.56 Å². The monoisotopic (exact) mass is 379 g/mol. The molecule has 0 radical (unpaired) electrons. The topological polar surface area (TPSA) is 54.7 Å². The van der Waals surface area contributed by atoms with E-state index >= 15 is 0 Å². The van der Waals surface area contributed by atoms with E-state index in [1.807, 2.05) is 56.3 Å². The first kappa shape index (κ1) is 17.7. The summed E-state index contributed by atoms with van der Waals surface area (Å²) in [5, 5.41) is 0. The van der Waals surface area contributed by atoms with E-state index in [-0.39, 0.29) is 5.78 Å². The van der Waals surface area contributed by atoms with Crippen LogP contribution in [0.2, 0.25) is 0 Å². The molecule has 0 fully saturated rings. The summed E-state index contributed by atoms with van der Waals surface area (Å²) >= 11 is 0. The Bertz CT molecular complexity index is 1180. The van der Waals surface area contributed by atoms with Gasteiger partial charge < -0.3 is 0 Å². The summed E-state index contributed by atoms with van der Waals surface area (Å²) in [4.78, 5) is 26.9. The Kier molecular flexibility index (Phi) is 4.02. The minimum atomic E-state index is -0.603. The highest BCUT2D eigenvalue weighted by Gasteiger charge is 2.35. The molecule has 3 heterocycles. The molecule has 2 aliphatic heterocycles. The lowest BCUT2D eigenvalue weighted by molar-refractivity contribution is -0.117. The zero-order chi connectivity index (χ0) is 20.0. The zero-order valence-corrected chi connectivity index (χ0v) is 16.5. The van der Waals surface area contributed by atoms with Crippen LogP contribution in [-0.2, 0) is 23.2 Å². The summed E-state index contributed by atoms with van der Waals surface area (Å²) < 4.78 is 0. The molecule has 142 valence electrons. The fraction of sp³-hybridized carbons (Fsp3) is 0.200. The number of carbonyl (C=O) groups is 1. The number of rotatable bonds is 4. The van der Waals surface area contributed by atoms with Crippen molar-refractivity contribution in [2.45, 2.75) is 32.2 Å². The Balaban J connectivity index is 1.48. The number of fused-ring (bicyclic) bond motifs is 2. The molecule has 4 heteroatoms. The maximum Gasteiger partial charge on any atom is 0.187 e. The number of benzene rings is 2. The van der Waals surface area contributed by atoms with Gasteiger partial charge in [0.05, 0.1) is 29.1 Å². The van der Waals surface area contributed by atoms with Crippen LogP contribution in [0.25, 0.3) is 0 Å². The molecule has 0 atom stereocenters. The standard InChI is InChI=1S/C25H21N3O/c1-25(2,19-6-4-3-5-7-19)24(29)22-13-17-12-18-15-27-23(16-8-10-26-11-9-16)20(18)14-21(17)28-22/h3-12,14H,13,15H2,1-2H3. The van der Waals surface area contributed by atoms with Gasteiger partial charge in [-0.05, 0) is 48.7 Å². The predicted molar refractivity (Wildman–Crippen MR) is 115 cm³/mol. The number of pyridine rings is 1. The largest absolute Gasteiger partial charge is 0.292 e. The third-order valence-electron chi connectivity index (χ3n) is 5.86. The van der Waals surface area contributed by atoms with Gasteiger partial charge in [-0.2, -0.15) is 0 Å². The van der Waals surface area contributed by atoms with Crippen molar-refractivity contribution >= 4 is 22.9 Å². The first-order valence-electron chi connectivity index (χ1n) is 9.83. The van der Waals surface area contributed by atoms with Gasteiger partial charge in [-0.1, -0.05) is 36.4 Å². The van der Waals surface area contributed by atoms with E-state index in [1.54, 1.807) is 12.4 Å². The number of ketones is 1. The van der Waals surface area contributed by atoms with E-state index in [0.717, 1.165) is 33.7 Å². The van der Waals surface area contributed by atoms with Gasteiger partial charge in [0.25, 0.3) is 0 Å². The van der Waals surface area contributed by atoms with Crippen LogP contribution in [0.4, 0.5) is 5.69 Å². The molecule has 0 amide bonds. The summed E-state index contributed by atoms with van der Waals surface area (Å²) in [6, 6.07) is 18.1. The molecular weight excluding hydrogens is 358 g/mol. The lowest BCUT2D eigenvalue weighted by atomic mass is 9.78. The second-order valence-electron chi connectivity index (χ2n) is 8.09. The SMILES string of the molecule is CC(C)(C(=O)C1=Nc2cc3c(cc2C1)CN=C3c1ccncc1)c1ccccc1. The van der Waals surface area contributed by atoms with Gasteiger partial charge in [0.2, 0.25) is 0 Å². The van der Waals surface area contributed by atoms with Gasteiger partial charge in [-0.25, -0.2) is 4.99 Å². The second kappa shape index (κ2) is 6.59. The molecule has 29 heavy (non-hydrogen) atoms. The van der Waals surface area contributed by atoms with Crippen molar-refractivity contribution in [1.29, 1.82) is 0 Å². The van der Waals surface area contributed by atoms with Crippen LogP contribution in [0, 0.1) is 0 Å². The van der Waals surface area contributed by atoms with Crippen LogP contribution in [0.3, 0.4) is 0 Å². The molecule has 0 spiro atoms. The van der Waals surface area contributed by atoms with E-state index in [0.29, 0.717) is 18.7 Å². The van der Waals surface area contributed by atoms with Gasteiger partial charge >= 0.3 is 0 Å². The summed E-state index contributed by atoms with van der Waals surface area (Å²) in [5.74, 6) is 0.0862. The van der Waals surface area contributed by atoms with Gasteiger partial charge in [0.15, 0.2) is 5.78 Å². The van der Waals surface area contributed by atoms with Crippen molar-refractivity contribution in [1.82, 2.24) is 4.98 Å². The van der Waals surface area contributed by atoms with Crippen molar-refractivity contribution in [2.24, 2.45) is 9.98 Å². The molecule has 3 aromatic rings. The van der Waals surface area contributed by atoms with Gasteiger partial charge in [0.1, 0.15) is 0 Å². The second-order valence-corrected chi connectivity index (χ2v) is 8.09. The normalized spacial score (nSPS) is 14.8. The maximum absolute atomic E-state index is 13.3. The molecule has 0 unspecified atom stereocenters. The number of hydrogen-bond donors (Lipinski definition) is 0. The van der Waals surface area contributed by atoms with Crippen LogP contribution in [-0.4, -0.2) is 22.2 Å². The smallest absolute Gasteiger partial charge is 0.187 e. The lowest BCUT2D eigenvalue weighted by Gasteiger charge is -2.23. The zero-order valence-electron chi connectivity index (χ0n) is 16.5. The molecule has 0 bridgehead atoms. The van der Waals surface area contributed by atoms with Crippen LogP contribution in [0.5, 0.6) is 0 Å². The average Bonchev–Trinajstić information content (AvgIpc) is 3.36. The lowest BCUT2D eigenvalue weighted by Crippen LogP contribution is -2.35. The van der Waals surface area contributed by atoms with Crippen LogP contribution in [0.15, 0.2) is 77.0 Å². The minimum absolute atomic E-state index is 0.0862. The van der Waals surface area contributed by atoms with Crippen molar-refractivity contribution in [3.05, 3.63) is 94.8 Å². The highest BCUT2D eigenvalue weighted by atomic mass is 16.1. The highest BCUT2D eigenvalue weighted by molar-refractivity contribution is 6.44. The van der Waals surface area contributed by atoms with Crippen molar-refractivity contribution in [2.75, 3.05) is 0 Å². The van der Waals surface area contributed by atoms with Crippen LogP contribution >= 0.6 is 0 Å². The fourth-order valence-corrected chi connectivity index (χ4v) is 4.13. The predicted octanol–water partition coefficient (Wildman–Crippen LogP) is 4.61. The molecule has 0 aliphatic carbocycles. The summed E-state index contributed by atoms with van der Waals surface area (Å²) in [6.45, 7) is 4.62. The van der Waals surface area contributed by atoms with Gasteiger partial charge in [0, 0.05) is 29.9 Å². The van der Waals surface area contributed by atoms with Crippen LogP contribution in [0.1, 0.15) is 41.7 Å². The molecule has 4 nitrogen and oxygen atoms in total. The maximum atomic E-state index is 13.3. The molecule has 5 rings (SSSR count). The van der Waals surface area contributed by atoms with E-state index in [4.69, 9.17) is 9.98 Å². The Morgan fingerprint density at radius 2 is 1.72 bits per heavy atom. The molecule has 1 aromatic heterocycles. The van der Waals surface area contributed by atoms with E-state index in [2.05, 4.69) is 17.1 Å². The van der Waals surface area contributed by atoms with Gasteiger partial charge in [-0.15, -0.1) is 0 Å².